The predicted molar refractivity (Wildman–Crippen MR) is 117 cm³/mol. The lowest BCUT2D eigenvalue weighted by Gasteiger charge is -2.16. The average Bonchev–Trinajstić information content (AvgIpc) is 2.90. The SMILES string of the molecule is CNc1cccc(CCOc2ccc3c(c2)Cc2ccccc2C(CC(=O)O)C3)n1. The van der Waals surface area contributed by atoms with Crippen molar-refractivity contribution >= 4 is 11.8 Å². The minimum atomic E-state index is -0.755. The van der Waals surface area contributed by atoms with Gasteiger partial charge in [0.25, 0.3) is 0 Å². The van der Waals surface area contributed by atoms with Crippen LogP contribution < -0.4 is 10.1 Å². The molecular weight excluding hydrogens is 376 g/mol. The van der Waals surface area contributed by atoms with Crippen LogP contribution in [0.15, 0.2) is 60.7 Å². The summed E-state index contributed by atoms with van der Waals surface area (Å²) in [5.74, 6) is 0.936. The van der Waals surface area contributed by atoms with Crippen molar-refractivity contribution in [3.63, 3.8) is 0 Å². The van der Waals surface area contributed by atoms with E-state index in [2.05, 4.69) is 34.6 Å². The van der Waals surface area contributed by atoms with E-state index < -0.39 is 5.97 Å². The van der Waals surface area contributed by atoms with Gasteiger partial charge in [-0.2, -0.15) is 0 Å². The number of carboxylic acids is 1. The first kappa shape index (κ1) is 20.0. The van der Waals surface area contributed by atoms with Crippen LogP contribution in [0.3, 0.4) is 0 Å². The van der Waals surface area contributed by atoms with E-state index >= 15 is 0 Å². The minimum Gasteiger partial charge on any atom is -0.493 e. The van der Waals surface area contributed by atoms with Crippen LogP contribution in [0, 0.1) is 0 Å². The zero-order chi connectivity index (χ0) is 20.9. The molecule has 1 aliphatic carbocycles. The molecule has 0 bridgehead atoms. The van der Waals surface area contributed by atoms with E-state index in [0.29, 0.717) is 6.61 Å². The first-order chi connectivity index (χ1) is 14.6. The van der Waals surface area contributed by atoms with Crippen LogP contribution in [0.25, 0.3) is 0 Å². The standard InChI is InChI=1S/C25H26N2O3/c1-26-24-8-4-6-21(27-24)11-12-30-22-10-9-17-13-20(16-25(28)29)23-7-3-2-5-18(23)14-19(17)15-22/h2-10,15,20H,11-14,16H2,1H3,(H,26,27)(H,28,29). The number of benzene rings is 2. The van der Waals surface area contributed by atoms with E-state index in [1.165, 1.54) is 16.7 Å². The van der Waals surface area contributed by atoms with E-state index in [1.54, 1.807) is 0 Å². The number of anilines is 1. The quantitative estimate of drug-likeness (QED) is 0.611. The van der Waals surface area contributed by atoms with Crippen molar-refractivity contribution in [3.05, 3.63) is 88.6 Å². The molecule has 1 unspecified atom stereocenters. The highest BCUT2D eigenvalue weighted by atomic mass is 16.5. The molecule has 0 fully saturated rings. The molecule has 0 saturated heterocycles. The summed E-state index contributed by atoms with van der Waals surface area (Å²) < 4.78 is 6.02. The predicted octanol–water partition coefficient (Wildman–Crippen LogP) is 4.45. The van der Waals surface area contributed by atoms with Gasteiger partial charge in [0.05, 0.1) is 13.0 Å². The zero-order valence-electron chi connectivity index (χ0n) is 17.1. The Balaban J connectivity index is 1.49. The smallest absolute Gasteiger partial charge is 0.303 e. The Labute approximate surface area is 176 Å². The number of ether oxygens (including phenoxy) is 1. The van der Waals surface area contributed by atoms with E-state index in [1.807, 2.05) is 43.4 Å². The molecule has 1 atom stereocenters. The number of aliphatic carboxylic acids is 1. The lowest BCUT2D eigenvalue weighted by atomic mass is 9.89. The van der Waals surface area contributed by atoms with Crippen LogP contribution in [-0.4, -0.2) is 29.7 Å². The van der Waals surface area contributed by atoms with Crippen molar-refractivity contribution < 1.29 is 14.6 Å². The second-order valence-electron chi connectivity index (χ2n) is 7.67. The monoisotopic (exact) mass is 402 g/mol. The Hall–Kier alpha value is -3.34. The third-order valence-electron chi connectivity index (χ3n) is 5.63. The molecule has 2 aromatic carbocycles. The summed E-state index contributed by atoms with van der Waals surface area (Å²) in [6.45, 7) is 0.553. The fraction of sp³-hybridized carbons (Fsp3) is 0.280. The number of aromatic nitrogens is 1. The number of nitrogens with one attached hydrogen (secondary N) is 1. The Morgan fingerprint density at radius 2 is 1.97 bits per heavy atom. The highest BCUT2D eigenvalue weighted by Crippen LogP contribution is 2.35. The summed E-state index contributed by atoms with van der Waals surface area (Å²) in [7, 11) is 1.86. The van der Waals surface area contributed by atoms with Crippen molar-refractivity contribution in [1.82, 2.24) is 4.98 Å². The molecule has 0 spiro atoms. The molecule has 3 aromatic rings. The Morgan fingerprint density at radius 1 is 1.10 bits per heavy atom. The number of rotatable bonds is 7. The summed E-state index contributed by atoms with van der Waals surface area (Å²) >= 11 is 0. The van der Waals surface area contributed by atoms with Crippen molar-refractivity contribution in [1.29, 1.82) is 0 Å². The molecule has 0 saturated carbocycles. The van der Waals surface area contributed by atoms with Gasteiger partial charge in [-0.1, -0.05) is 36.4 Å². The maximum Gasteiger partial charge on any atom is 0.303 e. The molecule has 0 amide bonds. The van der Waals surface area contributed by atoms with Gasteiger partial charge < -0.3 is 15.2 Å². The lowest BCUT2D eigenvalue weighted by Crippen LogP contribution is -2.09. The second-order valence-corrected chi connectivity index (χ2v) is 7.67. The molecule has 5 nitrogen and oxygen atoms in total. The molecule has 2 N–H and O–H groups in total. The lowest BCUT2D eigenvalue weighted by molar-refractivity contribution is -0.137. The van der Waals surface area contributed by atoms with E-state index in [4.69, 9.17) is 4.74 Å². The van der Waals surface area contributed by atoms with E-state index in [0.717, 1.165) is 42.1 Å². The van der Waals surface area contributed by atoms with Gasteiger partial charge in [0.15, 0.2) is 0 Å². The van der Waals surface area contributed by atoms with Gasteiger partial charge in [0.1, 0.15) is 11.6 Å². The molecular formula is C25H26N2O3. The molecule has 4 rings (SSSR count). The van der Waals surface area contributed by atoms with Crippen LogP contribution in [-0.2, 0) is 24.1 Å². The topological polar surface area (TPSA) is 71.5 Å². The zero-order valence-corrected chi connectivity index (χ0v) is 17.1. The molecule has 5 heteroatoms. The largest absolute Gasteiger partial charge is 0.493 e. The molecule has 154 valence electrons. The first-order valence-corrected chi connectivity index (χ1v) is 10.3. The van der Waals surface area contributed by atoms with Gasteiger partial charge in [-0.05, 0) is 65.3 Å². The number of hydrogen-bond donors (Lipinski definition) is 2. The average molecular weight is 402 g/mol. The van der Waals surface area contributed by atoms with E-state index in [9.17, 15) is 9.90 Å². The van der Waals surface area contributed by atoms with Gasteiger partial charge in [-0.3, -0.25) is 4.79 Å². The third-order valence-corrected chi connectivity index (χ3v) is 5.63. The van der Waals surface area contributed by atoms with Crippen molar-refractivity contribution in [2.24, 2.45) is 0 Å². The van der Waals surface area contributed by atoms with Crippen LogP contribution in [0.2, 0.25) is 0 Å². The molecule has 0 radical (unpaired) electrons. The number of nitrogens with zero attached hydrogens (tertiary/aromatic N) is 1. The molecule has 30 heavy (non-hydrogen) atoms. The van der Waals surface area contributed by atoms with Gasteiger partial charge in [0.2, 0.25) is 0 Å². The number of hydrogen-bond acceptors (Lipinski definition) is 4. The highest BCUT2D eigenvalue weighted by molar-refractivity contribution is 5.68. The van der Waals surface area contributed by atoms with Crippen molar-refractivity contribution in [3.8, 4) is 5.75 Å². The summed E-state index contributed by atoms with van der Waals surface area (Å²) in [6, 6.07) is 20.3. The number of pyridine rings is 1. The van der Waals surface area contributed by atoms with Crippen LogP contribution in [0.4, 0.5) is 5.82 Å². The molecule has 1 aromatic heterocycles. The fourth-order valence-electron chi connectivity index (χ4n) is 4.15. The normalized spacial score (nSPS) is 14.9. The summed E-state index contributed by atoms with van der Waals surface area (Å²) in [6.07, 6.45) is 2.41. The second kappa shape index (κ2) is 8.99. The summed E-state index contributed by atoms with van der Waals surface area (Å²) in [4.78, 5) is 15.9. The Morgan fingerprint density at radius 3 is 2.80 bits per heavy atom. The highest BCUT2D eigenvalue weighted by Gasteiger charge is 2.24. The van der Waals surface area contributed by atoms with Gasteiger partial charge in [-0.25, -0.2) is 4.98 Å². The molecule has 1 aliphatic rings. The van der Waals surface area contributed by atoms with Crippen LogP contribution >= 0.6 is 0 Å². The van der Waals surface area contributed by atoms with Crippen LogP contribution in [0.1, 0.15) is 40.3 Å². The van der Waals surface area contributed by atoms with Gasteiger partial charge in [-0.15, -0.1) is 0 Å². The van der Waals surface area contributed by atoms with Crippen molar-refractivity contribution in [2.45, 2.75) is 31.6 Å². The third kappa shape index (κ3) is 4.62. The Kier molecular flexibility index (Phi) is 5.98. The summed E-state index contributed by atoms with van der Waals surface area (Å²) in [5, 5.41) is 12.4. The molecule has 0 aliphatic heterocycles. The fourth-order valence-corrected chi connectivity index (χ4v) is 4.15. The molecule has 1 heterocycles. The Bertz CT molecular complexity index is 1050. The number of carbonyl (C=O) groups is 1. The maximum absolute atomic E-state index is 11.4. The van der Waals surface area contributed by atoms with Crippen LogP contribution in [0.5, 0.6) is 5.75 Å². The van der Waals surface area contributed by atoms with Crippen molar-refractivity contribution in [2.75, 3.05) is 19.0 Å². The number of carboxylic acid groups (broad SMARTS) is 1. The minimum absolute atomic E-state index is 0.00255. The summed E-state index contributed by atoms with van der Waals surface area (Å²) in [5.41, 5.74) is 5.75. The van der Waals surface area contributed by atoms with Gasteiger partial charge in [0, 0.05) is 19.2 Å². The number of fused-ring (bicyclic) bond motifs is 2. The maximum atomic E-state index is 11.4. The first-order valence-electron chi connectivity index (χ1n) is 10.3. The van der Waals surface area contributed by atoms with Gasteiger partial charge >= 0.3 is 5.97 Å². The van der Waals surface area contributed by atoms with E-state index in [-0.39, 0.29) is 12.3 Å².